The summed E-state index contributed by atoms with van der Waals surface area (Å²) in [4.78, 5) is 6.83. The maximum absolute atomic E-state index is 14.2. The third-order valence-corrected chi connectivity index (χ3v) is 5.98. The van der Waals surface area contributed by atoms with Gasteiger partial charge in [0.15, 0.2) is 0 Å². The highest BCUT2D eigenvalue weighted by Crippen LogP contribution is 2.48. The van der Waals surface area contributed by atoms with Crippen LogP contribution in [0.3, 0.4) is 0 Å². The second-order valence-corrected chi connectivity index (χ2v) is 8.37. The van der Waals surface area contributed by atoms with Gasteiger partial charge in [-0.3, -0.25) is 4.40 Å². The van der Waals surface area contributed by atoms with Crippen LogP contribution in [-0.2, 0) is 0 Å². The zero-order valence-corrected chi connectivity index (χ0v) is 17.4. The van der Waals surface area contributed by atoms with Crippen LogP contribution in [0, 0.1) is 11.2 Å². The van der Waals surface area contributed by atoms with E-state index in [1.54, 1.807) is 16.8 Å². The summed E-state index contributed by atoms with van der Waals surface area (Å²) in [6, 6.07) is 13.2. The highest BCUT2D eigenvalue weighted by atomic mass is 19.1. The Hall–Kier alpha value is -3.28. The van der Waals surface area contributed by atoms with Crippen molar-refractivity contribution in [1.29, 1.82) is 0 Å². The third-order valence-electron chi connectivity index (χ3n) is 5.98. The molecule has 1 aliphatic carbocycles. The average Bonchev–Trinajstić information content (AvgIpc) is 3.27. The zero-order valence-electron chi connectivity index (χ0n) is 17.4. The van der Waals surface area contributed by atoms with E-state index in [9.17, 15) is 4.39 Å². The topological polar surface area (TPSA) is 46.3 Å². The molecule has 152 valence electrons. The Morgan fingerprint density at radius 1 is 1.23 bits per heavy atom. The van der Waals surface area contributed by atoms with Crippen molar-refractivity contribution in [3.8, 4) is 0 Å². The molecule has 1 saturated carbocycles. The molecule has 5 rings (SSSR count). The Bertz CT molecular complexity index is 1290. The standard InChI is InChI=1S/C24H24FN5/c1-4-29(19-7-5-6-17(12-19)16(2)14-24(3)10-11-24)22-20-13-18(25)8-9-21(20)30-15-26-28-23(30)27-22/h5-9,12-15H,4,10-11H2,1-3H3/b16-14+. The van der Waals surface area contributed by atoms with Crippen LogP contribution < -0.4 is 4.90 Å². The largest absolute Gasteiger partial charge is 0.326 e. The van der Waals surface area contributed by atoms with Crippen LogP contribution in [0.1, 0.15) is 39.2 Å². The molecule has 0 unspecified atom stereocenters. The number of nitrogens with zero attached hydrogens (tertiary/aromatic N) is 5. The number of hydrogen-bond acceptors (Lipinski definition) is 4. The first-order valence-electron chi connectivity index (χ1n) is 10.3. The van der Waals surface area contributed by atoms with E-state index in [4.69, 9.17) is 4.98 Å². The summed E-state index contributed by atoms with van der Waals surface area (Å²) >= 11 is 0. The molecular weight excluding hydrogens is 377 g/mol. The Kier molecular flexibility index (Phi) is 4.31. The number of hydrogen-bond donors (Lipinski definition) is 0. The van der Waals surface area contributed by atoms with Gasteiger partial charge >= 0.3 is 0 Å². The summed E-state index contributed by atoms with van der Waals surface area (Å²) < 4.78 is 15.9. The molecule has 2 aromatic carbocycles. The Morgan fingerprint density at radius 3 is 2.83 bits per heavy atom. The van der Waals surface area contributed by atoms with Crippen LogP contribution in [-0.4, -0.2) is 26.1 Å². The Morgan fingerprint density at radius 2 is 2.07 bits per heavy atom. The number of anilines is 2. The van der Waals surface area contributed by atoms with Gasteiger partial charge in [0, 0.05) is 17.6 Å². The van der Waals surface area contributed by atoms with Gasteiger partial charge in [-0.2, -0.15) is 4.98 Å². The van der Waals surface area contributed by atoms with Crippen LogP contribution in [0.15, 0.2) is 54.9 Å². The van der Waals surface area contributed by atoms with Gasteiger partial charge in [0.1, 0.15) is 18.0 Å². The fourth-order valence-corrected chi connectivity index (χ4v) is 4.05. The minimum Gasteiger partial charge on any atom is -0.326 e. The number of aromatic nitrogens is 4. The predicted octanol–water partition coefficient (Wildman–Crippen LogP) is 5.78. The van der Waals surface area contributed by atoms with Crippen molar-refractivity contribution in [2.45, 2.75) is 33.6 Å². The second kappa shape index (κ2) is 6.90. The summed E-state index contributed by atoms with van der Waals surface area (Å²) in [5.74, 6) is 0.885. The molecular formula is C24H24FN5. The lowest BCUT2D eigenvalue weighted by Crippen LogP contribution is -2.18. The predicted molar refractivity (Wildman–Crippen MR) is 118 cm³/mol. The highest BCUT2D eigenvalue weighted by Gasteiger charge is 2.34. The van der Waals surface area contributed by atoms with Crippen molar-refractivity contribution < 1.29 is 4.39 Å². The minimum atomic E-state index is -0.292. The molecule has 0 N–H and O–H groups in total. The lowest BCUT2D eigenvalue weighted by Gasteiger charge is -2.24. The van der Waals surface area contributed by atoms with Crippen molar-refractivity contribution in [2.24, 2.45) is 5.41 Å². The van der Waals surface area contributed by atoms with Gasteiger partial charge in [0.05, 0.1) is 5.52 Å². The van der Waals surface area contributed by atoms with Gasteiger partial charge in [0.2, 0.25) is 0 Å². The third kappa shape index (κ3) is 3.22. The van der Waals surface area contributed by atoms with E-state index in [-0.39, 0.29) is 5.82 Å². The SMILES string of the molecule is CCN(c1cccc(/C(C)=C/C2(C)CC2)c1)c1nc2nncn2c2ccc(F)cc12. The number of halogens is 1. The molecule has 0 atom stereocenters. The molecule has 0 bridgehead atoms. The minimum absolute atomic E-state index is 0.292. The summed E-state index contributed by atoms with van der Waals surface area (Å²) in [5.41, 5.74) is 4.67. The highest BCUT2D eigenvalue weighted by molar-refractivity contribution is 5.93. The lowest BCUT2D eigenvalue weighted by molar-refractivity contribution is 0.629. The maximum Gasteiger partial charge on any atom is 0.257 e. The van der Waals surface area contributed by atoms with E-state index in [0.717, 1.165) is 16.6 Å². The monoisotopic (exact) mass is 401 g/mol. The van der Waals surface area contributed by atoms with Crippen LogP contribution in [0.2, 0.25) is 0 Å². The van der Waals surface area contributed by atoms with E-state index in [1.807, 2.05) is 0 Å². The number of benzene rings is 2. The van der Waals surface area contributed by atoms with E-state index in [1.165, 1.54) is 36.1 Å². The molecule has 0 aliphatic heterocycles. The Labute approximate surface area is 174 Å². The molecule has 6 heteroatoms. The number of allylic oxidation sites excluding steroid dienone is 2. The van der Waals surface area contributed by atoms with Crippen molar-refractivity contribution in [1.82, 2.24) is 19.6 Å². The normalized spacial score (nSPS) is 15.7. The molecule has 0 amide bonds. The summed E-state index contributed by atoms with van der Waals surface area (Å²) in [6.07, 6.45) is 6.50. The zero-order chi connectivity index (χ0) is 20.9. The van der Waals surface area contributed by atoms with Gasteiger partial charge in [-0.15, -0.1) is 10.2 Å². The van der Waals surface area contributed by atoms with Crippen molar-refractivity contribution in [3.05, 3.63) is 66.2 Å². The van der Waals surface area contributed by atoms with Gasteiger partial charge in [0.25, 0.3) is 5.78 Å². The van der Waals surface area contributed by atoms with Crippen LogP contribution >= 0.6 is 0 Å². The fourth-order valence-electron chi connectivity index (χ4n) is 4.05. The van der Waals surface area contributed by atoms with Crippen molar-refractivity contribution >= 4 is 33.8 Å². The first kappa shape index (κ1) is 18.7. The molecule has 0 spiro atoms. The van der Waals surface area contributed by atoms with Gasteiger partial charge in [-0.1, -0.05) is 25.1 Å². The van der Waals surface area contributed by atoms with E-state index in [2.05, 4.69) is 66.2 Å². The summed E-state index contributed by atoms with van der Waals surface area (Å²) in [7, 11) is 0. The number of rotatable bonds is 5. The van der Waals surface area contributed by atoms with Gasteiger partial charge < -0.3 is 4.90 Å². The van der Waals surface area contributed by atoms with Crippen molar-refractivity contribution in [3.63, 3.8) is 0 Å². The van der Waals surface area contributed by atoms with Crippen LogP contribution in [0.25, 0.3) is 22.3 Å². The average molecular weight is 401 g/mol. The van der Waals surface area contributed by atoms with E-state index >= 15 is 0 Å². The molecule has 0 radical (unpaired) electrons. The van der Waals surface area contributed by atoms with Gasteiger partial charge in [-0.05, 0) is 73.6 Å². The molecule has 1 aliphatic rings. The van der Waals surface area contributed by atoms with Crippen LogP contribution in [0.5, 0.6) is 0 Å². The fraction of sp³-hybridized carbons (Fsp3) is 0.292. The number of fused-ring (bicyclic) bond motifs is 3. The molecule has 5 nitrogen and oxygen atoms in total. The summed E-state index contributed by atoms with van der Waals surface area (Å²) in [6.45, 7) is 7.23. The first-order chi connectivity index (χ1) is 14.5. The van der Waals surface area contributed by atoms with Crippen LogP contribution in [0.4, 0.5) is 15.9 Å². The van der Waals surface area contributed by atoms with Gasteiger partial charge in [-0.25, -0.2) is 4.39 Å². The Balaban J connectivity index is 1.65. The molecule has 0 saturated heterocycles. The second-order valence-electron chi connectivity index (χ2n) is 8.37. The maximum atomic E-state index is 14.2. The smallest absolute Gasteiger partial charge is 0.257 e. The molecule has 2 heterocycles. The molecule has 4 aromatic rings. The van der Waals surface area contributed by atoms with E-state index in [0.29, 0.717) is 23.6 Å². The quantitative estimate of drug-likeness (QED) is 0.425. The molecule has 2 aromatic heterocycles. The summed E-state index contributed by atoms with van der Waals surface area (Å²) in [5, 5.41) is 8.84. The van der Waals surface area contributed by atoms with E-state index < -0.39 is 0 Å². The lowest BCUT2D eigenvalue weighted by atomic mass is 10.00. The molecule has 30 heavy (non-hydrogen) atoms. The van der Waals surface area contributed by atoms with Crippen molar-refractivity contribution in [2.75, 3.05) is 11.4 Å². The molecule has 1 fully saturated rings. The first-order valence-corrected chi connectivity index (χ1v) is 10.3.